The van der Waals surface area contributed by atoms with Gasteiger partial charge in [-0.05, 0) is 31.8 Å². The molecular formula is C12H20N4S2. The van der Waals surface area contributed by atoms with Gasteiger partial charge in [0.2, 0.25) is 0 Å². The summed E-state index contributed by atoms with van der Waals surface area (Å²) in [6.07, 6.45) is 7.96. The zero-order chi connectivity index (χ0) is 13.0. The molecule has 2 atom stereocenters. The van der Waals surface area contributed by atoms with Gasteiger partial charge in [0.05, 0.1) is 0 Å². The number of nitrogens with one attached hydrogen (secondary N) is 2. The second-order valence-corrected chi connectivity index (χ2v) is 6.30. The highest BCUT2D eigenvalue weighted by molar-refractivity contribution is 7.99. The van der Waals surface area contributed by atoms with Crippen LogP contribution in [0.2, 0.25) is 0 Å². The van der Waals surface area contributed by atoms with Gasteiger partial charge in [0, 0.05) is 24.4 Å². The maximum atomic E-state index is 4.51. The molecule has 1 saturated carbocycles. The summed E-state index contributed by atoms with van der Waals surface area (Å²) >= 11 is 3.54. The van der Waals surface area contributed by atoms with E-state index in [1.165, 1.54) is 19.3 Å². The predicted octanol–water partition coefficient (Wildman–Crippen LogP) is 2.94. The molecule has 0 radical (unpaired) electrons. The van der Waals surface area contributed by atoms with Gasteiger partial charge in [0.25, 0.3) is 0 Å². The van der Waals surface area contributed by atoms with Crippen LogP contribution in [-0.2, 0) is 0 Å². The van der Waals surface area contributed by atoms with E-state index in [4.69, 9.17) is 0 Å². The third-order valence-electron chi connectivity index (χ3n) is 3.21. The van der Waals surface area contributed by atoms with Crippen molar-refractivity contribution in [3.05, 3.63) is 6.07 Å². The van der Waals surface area contributed by atoms with E-state index in [0.717, 1.165) is 22.0 Å². The Hall–Kier alpha value is -0.620. The first-order valence-electron chi connectivity index (χ1n) is 6.15. The summed E-state index contributed by atoms with van der Waals surface area (Å²) in [4.78, 5) is 8.88. The molecule has 1 aliphatic carbocycles. The fourth-order valence-electron chi connectivity index (χ4n) is 2.21. The van der Waals surface area contributed by atoms with Crippen LogP contribution in [0.1, 0.15) is 19.3 Å². The first-order valence-corrected chi connectivity index (χ1v) is 8.66. The van der Waals surface area contributed by atoms with Gasteiger partial charge >= 0.3 is 0 Å². The Bertz CT molecular complexity index is 377. The summed E-state index contributed by atoms with van der Waals surface area (Å²) in [6, 6.07) is 2.53. The van der Waals surface area contributed by atoms with Crippen molar-refractivity contribution in [3.63, 3.8) is 0 Å². The fourth-order valence-corrected chi connectivity index (χ4v) is 3.39. The van der Waals surface area contributed by atoms with E-state index in [2.05, 4.69) is 26.9 Å². The Kier molecular flexibility index (Phi) is 5.00. The van der Waals surface area contributed by atoms with Crippen molar-refractivity contribution < 1.29 is 0 Å². The van der Waals surface area contributed by atoms with E-state index in [9.17, 15) is 0 Å². The van der Waals surface area contributed by atoms with Crippen LogP contribution in [0.25, 0.3) is 0 Å². The molecule has 1 aromatic rings. The topological polar surface area (TPSA) is 49.8 Å². The molecule has 0 aromatic carbocycles. The summed E-state index contributed by atoms with van der Waals surface area (Å²) in [5, 5.41) is 8.22. The van der Waals surface area contributed by atoms with Gasteiger partial charge in [-0.2, -0.15) is 11.8 Å². The van der Waals surface area contributed by atoms with Crippen molar-refractivity contribution in [2.45, 2.75) is 35.7 Å². The molecule has 1 heterocycles. The maximum Gasteiger partial charge on any atom is 0.191 e. The third kappa shape index (κ3) is 3.45. The average molecular weight is 284 g/mol. The van der Waals surface area contributed by atoms with Gasteiger partial charge in [-0.15, -0.1) is 0 Å². The summed E-state index contributed by atoms with van der Waals surface area (Å²) < 4.78 is 0. The molecule has 0 aliphatic heterocycles. The number of thioether (sulfide) groups is 2. The predicted molar refractivity (Wildman–Crippen MR) is 81.9 cm³/mol. The zero-order valence-electron chi connectivity index (χ0n) is 11.1. The summed E-state index contributed by atoms with van der Waals surface area (Å²) in [7, 11) is 1.88. The van der Waals surface area contributed by atoms with Gasteiger partial charge in [0.1, 0.15) is 11.6 Å². The lowest BCUT2D eigenvalue weighted by atomic mass is 10.2. The molecule has 1 fully saturated rings. The van der Waals surface area contributed by atoms with Crippen molar-refractivity contribution >= 4 is 35.2 Å². The Balaban J connectivity index is 2.04. The second-order valence-electron chi connectivity index (χ2n) is 4.39. The van der Waals surface area contributed by atoms with E-state index in [-0.39, 0.29) is 0 Å². The minimum Gasteiger partial charge on any atom is -0.373 e. The molecule has 0 bridgehead atoms. The Morgan fingerprint density at radius 3 is 2.61 bits per heavy atom. The van der Waals surface area contributed by atoms with Crippen LogP contribution in [-0.4, -0.2) is 40.8 Å². The lowest BCUT2D eigenvalue weighted by Crippen LogP contribution is -2.17. The normalized spacial score (nSPS) is 23.1. The van der Waals surface area contributed by atoms with Crippen LogP contribution in [0.5, 0.6) is 0 Å². The van der Waals surface area contributed by atoms with E-state index >= 15 is 0 Å². The first kappa shape index (κ1) is 13.8. The van der Waals surface area contributed by atoms with E-state index in [0.29, 0.717) is 6.04 Å². The summed E-state index contributed by atoms with van der Waals surface area (Å²) in [6.45, 7) is 0. The molecule has 0 saturated heterocycles. The molecule has 2 rings (SSSR count). The number of anilines is 2. The Morgan fingerprint density at radius 2 is 2.00 bits per heavy atom. The molecular weight excluding hydrogens is 264 g/mol. The van der Waals surface area contributed by atoms with Crippen LogP contribution >= 0.6 is 23.5 Å². The van der Waals surface area contributed by atoms with Crippen LogP contribution in [0.4, 0.5) is 11.6 Å². The number of aromatic nitrogens is 2. The van der Waals surface area contributed by atoms with Crippen molar-refractivity contribution in [1.29, 1.82) is 0 Å². The Labute approximate surface area is 117 Å². The SMILES string of the molecule is CNc1cc(NC2CCC(SC)C2)nc(SC)n1. The van der Waals surface area contributed by atoms with Crippen molar-refractivity contribution in [1.82, 2.24) is 9.97 Å². The number of hydrogen-bond donors (Lipinski definition) is 2. The minimum atomic E-state index is 0.553. The average Bonchev–Trinajstić information content (AvgIpc) is 2.85. The van der Waals surface area contributed by atoms with Crippen LogP contribution in [0.3, 0.4) is 0 Å². The molecule has 6 heteroatoms. The van der Waals surface area contributed by atoms with Crippen LogP contribution < -0.4 is 10.6 Å². The number of hydrogen-bond acceptors (Lipinski definition) is 6. The van der Waals surface area contributed by atoms with E-state index in [1.807, 2.05) is 31.1 Å². The lowest BCUT2D eigenvalue weighted by molar-refractivity contribution is 0.747. The molecule has 2 N–H and O–H groups in total. The van der Waals surface area contributed by atoms with E-state index in [1.54, 1.807) is 11.8 Å². The molecule has 0 amide bonds. The third-order valence-corrected chi connectivity index (χ3v) is 4.86. The van der Waals surface area contributed by atoms with Crippen molar-refractivity contribution in [2.24, 2.45) is 0 Å². The van der Waals surface area contributed by atoms with Gasteiger partial charge in [-0.1, -0.05) is 11.8 Å². The minimum absolute atomic E-state index is 0.553. The lowest BCUT2D eigenvalue weighted by Gasteiger charge is -2.14. The van der Waals surface area contributed by atoms with Crippen LogP contribution in [0.15, 0.2) is 11.2 Å². The molecule has 1 aromatic heterocycles. The van der Waals surface area contributed by atoms with Gasteiger partial charge < -0.3 is 10.6 Å². The highest BCUT2D eigenvalue weighted by Gasteiger charge is 2.24. The smallest absolute Gasteiger partial charge is 0.191 e. The summed E-state index contributed by atoms with van der Waals surface area (Å²) in [5.74, 6) is 1.81. The van der Waals surface area contributed by atoms with Crippen molar-refractivity contribution in [2.75, 3.05) is 30.2 Å². The Morgan fingerprint density at radius 1 is 1.22 bits per heavy atom. The number of rotatable bonds is 5. The molecule has 1 aliphatic rings. The first-order chi connectivity index (χ1) is 8.75. The number of nitrogens with zero attached hydrogens (tertiary/aromatic N) is 2. The van der Waals surface area contributed by atoms with E-state index < -0.39 is 0 Å². The summed E-state index contributed by atoms with van der Waals surface area (Å²) in [5.41, 5.74) is 0. The quantitative estimate of drug-likeness (QED) is 0.640. The second kappa shape index (κ2) is 6.52. The highest BCUT2D eigenvalue weighted by Crippen LogP contribution is 2.30. The largest absolute Gasteiger partial charge is 0.373 e. The standard InChI is InChI=1S/C12H20N4S2/c1-13-10-7-11(16-12(15-10)18-3)14-8-4-5-9(6-8)17-2/h7-9H,4-6H2,1-3H3,(H2,13,14,15,16). The van der Waals surface area contributed by atoms with Gasteiger partial charge in [-0.25, -0.2) is 9.97 Å². The van der Waals surface area contributed by atoms with Crippen molar-refractivity contribution in [3.8, 4) is 0 Å². The van der Waals surface area contributed by atoms with Gasteiger partial charge in [-0.3, -0.25) is 0 Å². The van der Waals surface area contributed by atoms with Gasteiger partial charge in [0.15, 0.2) is 5.16 Å². The molecule has 100 valence electrons. The molecule has 4 nitrogen and oxygen atoms in total. The highest BCUT2D eigenvalue weighted by atomic mass is 32.2. The molecule has 0 spiro atoms. The molecule has 2 unspecified atom stereocenters. The zero-order valence-corrected chi connectivity index (χ0v) is 12.7. The molecule has 18 heavy (non-hydrogen) atoms. The monoisotopic (exact) mass is 284 g/mol. The fraction of sp³-hybridized carbons (Fsp3) is 0.667. The van der Waals surface area contributed by atoms with Crippen LogP contribution in [0, 0.1) is 0 Å². The maximum absolute atomic E-state index is 4.51.